The van der Waals surface area contributed by atoms with E-state index in [2.05, 4.69) is 10.1 Å². The maximum atomic E-state index is 13.4. The van der Waals surface area contributed by atoms with Crippen LogP contribution in [0.15, 0.2) is 34.9 Å². The number of hydrogen-bond acceptors (Lipinski definition) is 4. The lowest BCUT2D eigenvalue weighted by Crippen LogP contribution is -2.15. The molecule has 0 amide bonds. The number of benzene rings is 1. The second-order valence-electron chi connectivity index (χ2n) is 4.11. The largest absolute Gasteiger partial charge is 0.463 e. The van der Waals surface area contributed by atoms with Crippen molar-refractivity contribution >= 4 is 5.97 Å². The summed E-state index contributed by atoms with van der Waals surface area (Å²) in [6, 6.07) is 4.87. The summed E-state index contributed by atoms with van der Waals surface area (Å²) in [5.41, 5.74) is 0.807. The van der Waals surface area contributed by atoms with Gasteiger partial charge in [-0.25, -0.2) is 13.6 Å². The van der Waals surface area contributed by atoms with E-state index in [1.165, 1.54) is 13.4 Å². The van der Waals surface area contributed by atoms with Gasteiger partial charge in [-0.15, -0.1) is 0 Å². The fourth-order valence-corrected chi connectivity index (χ4v) is 1.76. The van der Waals surface area contributed by atoms with E-state index in [1.54, 1.807) is 6.07 Å². The number of carbonyl (C=O) groups excluding carboxylic acids is 1. The van der Waals surface area contributed by atoms with E-state index in [9.17, 15) is 13.6 Å². The van der Waals surface area contributed by atoms with E-state index in [4.69, 9.17) is 4.42 Å². The van der Waals surface area contributed by atoms with E-state index in [1.807, 2.05) is 0 Å². The minimum atomic E-state index is -0.580. The Kier molecular flexibility index (Phi) is 4.47. The molecule has 0 spiro atoms. The van der Waals surface area contributed by atoms with Crippen molar-refractivity contribution in [2.45, 2.75) is 13.1 Å². The predicted molar refractivity (Wildman–Crippen MR) is 66.9 cm³/mol. The van der Waals surface area contributed by atoms with Crippen LogP contribution in [-0.4, -0.2) is 13.1 Å². The molecule has 106 valence electrons. The Morgan fingerprint density at radius 2 is 2.00 bits per heavy atom. The lowest BCUT2D eigenvalue weighted by Gasteiger charge is -2.06. The van der Waals surface area contributed by atoms with E-state index < -0.39 is 17.6 Å². The molecular weight excluding hydrogens is 268 g/mol. The highest BCUT2D eigenvalue weighted by atomic mass is 19.1. The molecule has 0 radical (unpaired) electrons. The Labute approximate surface area is 114 Å². The van der Waals surface area contributed by atoms with Gasteiger partial charge < -0.3 is 14.5 Å². The minimum absolute atomic E-state index is 0.0970. The third-order valence-electron chi connectivity index (χ3n) is 2.76. The van der Waals surface area contributed by atoms with Crippen LogP contribution < -0.4 is 5.32 Å². The van der Waals surface area contributed by atoms with Gasteiger partial charge in [0.1, 0.15) is 11.6 Å². The van der Waals surface area contributed by atoms with Crippen molar-refractivity contribution < 1.29 is 22.7 Å². The molecule has 1 aromatic carbocycles. The average Bonchev–Trinajstić information content (AvgIpc) is 2.90. The van der Waals surface area contributed by atoms with Crippen LogP contribution in [0.25, 0.3) is 0 Å². The quantitative estimate of drug-likeness (QED) is 0.856. The molecule has 2 aromatic rings. The van der Waals surface area contributed by atoms with Crippen LogP contribution in [0, 0.1) is 11.6 Å². The van der Waals surface area contributed by atoms with Crippen molar-refractivity contribution in [1.29, 1.82) is 0 Å². The lowest BCUT2D eigenvalue weighted by atomic mass is 10.2. The van der Waals surface area contributed by atoms with Gasteiger partial charge in [-0.2, -0.15) is 0 Å². The van der Waals surface area contributed by atoms with Crippen molar-refractivity contribution in [2.24, 2.45) is 0 Å². The van der Waals surface area contributed by atoms with Crippen molar-refractivity contribution in [1.82, 2.24) is 5.32 Å². The fourth-order valence-electron chi connectivity index (χ4n) is 1.76. The van der Waals surface area contributed by atoms with Crippen LogP contribution in [0.5, 0.6) is 0 Å². The molecule has 1 N–H and O–H groups in total. The van der Waals surface area contributed by atoms with Crippen LogP contribution in [-0.2, 0) is 17.8 Å². The molecule has 20 heavy (non-hydrogen) atoms. The van der Waals surface area contributed by atoms with Gasteiger partial charge >= 0.3 is 5.97 Å². The number of esters is 1. The Balaban J connectivity index is 1.98. The highest BCUT2D eigenvalue weighted by molar-refractivity contribution is 5.87. The zero-order valence-corrected chi connectivity index (χ0v) is 10.8. The summed E-state index contributed by atoms with van der Waals surface area (Å²) in [4.78, 5) is 11.4. The molecule has 0 aliphatic rings. The number of halogens is 2. The van der Waals surface area contributed by atoms with Gasteiger partial charge in [-0.1, -0.05) is 0 Å². The number of rotatable bonds is 5. The smallest absolute Gasteiger partial charge is 0.374 e. The molecule has 0 aliphatic heterocycles. The molecule has 6 heteroatoms. The first-order valence-electron chi connectivity index (χ1n) is 5.91. The highest BCUT2D eigenvalue weighted by Gasteiger charge is 2.15. The summed E-state index contributed by atoms with van der Waals surface area (Å²) >= 11 is 0. The Morgan fingerprint density at radius 1 is 1.25 bits per heavy atom. The zero-order chi connectivity index (χ0) is 14.5. The first-order chi connectivity index (χ1) is 9.61. The summed E-state index contributed by atoms with van der Waals surface area (Å²) in [5.74, 6) is -1.47. The maximum absolute atomic E-state index is 13.4. The standard InChI is InChI=1S/C14H13F2NO3/c1-19-14(18)13-9(4-5-20-13)7-17-8-10-6-11(15)2-3-12(10)16/h2-6,17H,7-8H2,1H3. The van der Waals surface area contributed by atoms with Crippen molar-refractivity contribution in [3.63, 3.8) is 0 Å². The number of methoxy groups -OCH3 is 1. The molecule has 0 unspecified atom stereocenters. The molecule has 1 aromatic heterocycles. The van der Waals surface area contributed by atoms with Gasteiger partial charge in [0.15, 0.2) is 0 Å². The Hall–Kier alpha value is -2.21. The third kappa shape index (κ3) is 3.21. The number of hydrogen-bond donors (Lipinski definition) is 1. The number of ether oxygens (including phenoxy) is 1. The SMILES string of the molecule is COC(=O)c1occc1CNCc1cc(F)ccc1F. The normalized spacial score (nSPS) is 10.6. The molecule has 0 saturated heterocycles. The van der Waals surface area contributed by atoms with Gasteiger partial charge in [0.25, 0.3) is 0 Å². The number of furan rings is 1. The summed E-state index contributed by atoms with van der Waals surface area (Å²) in [5, 5.41) is 2.92. The van der Waals surface area contributed by atoms with Crippen LogP contribution >= 0.6 is 0 Å². The predicted octanol–water partition coefficient (Wildman–Crippen LogP) is 2.63. The van der Waals surface area contributed by atoms with Gasteiger partial charge in [0.2, 0.25) is 5.76 Å². The molecule has 1 heterocycles. The molecule has 4 nitrogen and oxygen atoms in total. The van der Waals surface area contributed by atoms with E-state index in [-0.39, 0.29) is 24.4 Å². The molecule has 2 rings (SSSR count). The zero-order valence-electron chi connectivity index (χ0n) is 10.8. The fraction of sp³-hybridized carbons (Fsp3) is 0.214. The monoisotopic (exact) mass is 281 g/mol. The number of carbonyl (C=O) groups is 1. The Morgan fingerprint density at radius 3 is 2.75 bits per heavy atom. The highest BCUT2D eigenvalue weighted by Crippen LogP contribution is 2.13. The average molecular weight is 281 g/mol. The van der Waals surface area contributed by atoms with Crippen molar-refractivity contribution in [3.05, 3.63) is 59.1 Å². The second kappa shape index (κ2) is 6.29. The van der Waals surface area contributed by atoms with Crippen LogP contribution in [0.4, 0.5) is 8.78 Å². The minimum Gasteiger partial charge on any atom is -0.463 e. The first kappa shape index (κ1) is 14.2. The van der Waals surface area contributed by atoms with Gasteiger partial charge in [-0.05, 0) is 24.3 Å². The van der Waals surface area contributed by atoms with E-state index >= 15 is 0 Å². The van der Waals surface area contributed by atoms with E-state index in [0.29, 0.717) is 5.56 Å². The third-order valence-corrected chi connectivity index (χ3v) is 2.76. The van der Waals surface area contributed by atoms with Crippen molar-refractivity contribution in [3.8, 4) is 0 Å². The molecular formula is C14H13F2NO3. The molecule has 0 bridgehead atoms. The van der Waals surface area contributed by atoms with Crippen molar-refractivity contribution in [2.75, 3.05) is 7.11 Å². The van der Waals surface area contributed by atoms with Crippen LogP contribution in [0.2, 0.25) is 0 Å². The maximum Gasteiger partial charge on any atom is 0.374 e. The molecule has 0 atom stereocenters. The van der Waals surface area contributed by atoms with E-state index in [0.717, 1.165) is 18.2 Å². The van der Waals surface area contributed by atoms with Crippen LogP contribution in [0.3, 0.4) is 0 Å². The second-order valence-corrected chi connectivity index (χ2v) is 4.11. The van der Waals surface area contributed by atoms with Gasteiger partial charge in [0.05, 0.1) is 13.4 Å². The Bertz CT molecular complexity index is 610. The molecule has 0 aliphatic carbocycles. The summed E-state index contributed by atoms with van der Waals surface area (Å²) in [6.45, 7) is 0.409. The summed E-state index contributed by atoms with van der Waals surface area (Å²) in [6.07, 6.45) is 1.37. The van der Waals surface area contributed by atoms with Gasteiger partial charge in [-0.3, -0.25) is 0 Å². The van der Waals surface area contributed by atoms with Crippen LogP contribution in [0.1, 0.15) is 21.7 Å². The summed E-state index contributed by atoms with van der Waals surface area (Å²) < 4.78 is 36.0. The van der Waals surface area contributed by atoms with Gasteiger partial charge in [0, 0.05) is 24.2 Å². The summed E-state index contributed by atoms with van der Waals surface area (Å²) in [7, 11) is 1.25. The topological polar surface area (TPSA) is 51.5 Å². The lowest BCUT2D eigenvalue weighted by molar-refractivity contribution is 0.0563. The molecule has 0 saturated carbocycles. The number of nitrogens with one attached hydrogen (secondary N) is 1. The molecule has 0 fully saturated rings. The first-order valence-corrected chi connectivity index (χ1v) is 5.91.